The van der Waals surface area contributed by atoms with E-state index in [0.29, 0.717) is 22.3 Å². The van der Waals surface area contributed by atoms with Crippen molar-refractivity contribution in [3.8, 4) is 0 Å². The van der Waals surface area contributed by atoms with Crippen molar-refractivity contribution in [3.63, 3.8) is 0 Å². The van der Waals surface area contributed by atoms with E-state index < -0.39 is 0 Å². The predicted molar refractivity (Wildman–Crippen MR) is 131 cm³/mol. The van der Waals surface area contributed by atoms with Crippen LogP contribution in [0.2, 0.25) is 0 Å². The number of aromatic nitrogens is 3. The van der Waals surface area contributed by atoms with Crippen molar-refractivity contribution in [2.75, 3.05) is 11.1 Å². The molecule has 0 unspecified atom stereocenters. The van der Waals surface area contributed by atoms with Crippen LogP contribution in [0.4, 0.5) is 5.00 Å². The van der Waals surface area contributed by atoms with Crippen molar-refractivity contribution in [1.82, 2.24) is 19.9 Å². The summed E-state index contributed by atoms with van der Waals surface area (Å²) in [5, 5.41) is 15.6. The first-order valence-electron chi connectivity index (χ1n) is 10.9. The van der Waals surface area contributed by atoms with E-state index in [4.69, 9.17) is 0 Å². The summed E-state index contributed by atoms with van der Waals surface area (Å²) in [4.78, 5) is 27.2. The van der Waals surface area contributed by atoms with Crippen LogP contribution >= 0.6 is 23.1 Å². The van der Waals surface area contributed by atoms with Gasteiger partial charge in [0.25, 0.3) is 5.91 Å². The maximum atomic E-state index is 13.2. The van der Waals surface area contributed by atoms with E-state index in [0.717, 1.165) is 42.5 Å². The number of nitrogens with zero attached hydrogens (tertiary/aromatic N) is 3. The summed E-state index contributed by atoms with van der Waals surface area (Å²) < 4.78 is 1.85. The molecule has 2 amide bonds. The largest absolute Gasteiger partial charge is 0.348 e. The Morgan fingerprint density at radius 2 is 1.85 bits per heavy atom. The maximum Gasteiger partial charge on any atom is 0.254 e. The average molecular weight is 478 g/mol. The summed E-state index contributed by atoms with van der Waals surface area (Å²) in [6, 6.07) is 15.5. The molecule has 0 spiro atoms. The van der Waals surface area contributed by atoms with Crippen LogP contribution in [-0.2, 0) is 24.2 Å². The van der Waals surface area contributed by atoms with Gasteiger partial charge in [-0.3, -0.25) is 14.0 Å². The molecule has 1 aliphatic rings. The number of aryl methyl sites for hydroxylation is 1. The second-order valence-electron chi connectivity index (χ2n) is 7.83. The molecule has 3 heterocycles. The Morgan fingerprint density at radius 3 is 2.73 bits per heavy atom. The number of rotatable bonds is 7. The highest BCUT2D eigenvalue weighted by atomic mass is 32.2. The van der Waals surface area contributed by atoms with E-state index in [-0.39, 0.29) is 17.6 Å². The smallest absolute Gasteiger partial charge is 0.254 e. The molecule has 7 nitrogen and oxygen atoms in total. The third-order valence-electron chi connectivity index (χ3n) is 5.56. The predicted octanol–water partition coefficient (Wildman–Crippen LogP) is 4.33. The van der Waals surface area contributed by atoms with Gasteiger partial charge in [0, 0.05) is 17.6 Å². The molecule has 1 aliphatic carbocycles. The van der Waals surface area contributed by atoms with Crippen LogP contribution in [0.1, 0.15) is 39.2 Å². The fourth-order valence-electron chi connectivity index (χ4n) is 3.97. The third-order valence-corrected chi connectivity index (χ3v) is 7.71. The summed E-state index contributed by atoms with van der Waals surface area (Å²) in [6.07, 6.45) is 5.87. The number of thiophene rings is 1. The van der Waals surface area contributed by atoms with Gasteiger partial charge in [-0.2, -0.15) is 0 Å². The van der Waals surface area contributed by atoms with Crippen LogP contribution < -0.4 is 10.6 Å². The molecule has 4 aromatic rings. The van der Waals surface area contributed by atoms with E-state index in [1.54, 1.807) is 0 Å². The lowest BCUT2D eigenvalue weighted by atomic mass is 9.95. The normalized spacial score (nSPS) is 13.0. The Hall–Kier alpha value is -3.17. The zero-order chi connectivity index (χ0) is 22.6. The van der Waals surface area contributed by atoms with Gasteiger partial charge in [-0.25, -0.2) is 0 Å². The van der Waals surface area contributed by atoms with Crippen LogP contribution in [0.3, 0.4) is 0 Å². The number of hydrogen-bond acceptors (Lipinski definition) is 6. The summed E-state index contributed by atoms with van der Waals surface area (Å²) in [5.41, 5.74) is 3.49. The molecular weight excluding hydrogens is 454 g/mol. The molecule has 9 heteroatoms. The lowest BCUT2D eigenvalue weighted by Gasteiger charge is -2.13. The van der Waals surface area contributed by atoms with Crippen LogP contribution in [0.25, 0.3) is 5.65 Å². The second kappa shape index (κ2) is 9.76. The average Bonchev–Trinajstić information content (AvgIpc) is 3.43. The molecule has 168 valence electrons. The zero-order valence-corrected chi connectivity index (χ0v) is 19.5. The summed E-state index contributed by atoms with van der Waals surface area (Å²) in [6.45, 7) is 0.452. The number of fused-ring (bicyclic) bond motifs is 2. The number of thioether (sulfide) groups is 1. The lowest BCUT2D eigenvalue weighted by Crippen LogP contribution is -2.25. The first-order chi connectivity index (χ1) is 16.2. The molecule has 0 saturated carbocycles. The minimum absolute atomic E-state index is 0.135. The molecule has 0 radical (unpaired) electrons. The van der Waals surface area contributed by atoms with Gasteiger partial charge in [-0.15, -0.1) is 21.5 Å². The fraction of sp³-hybridized carbons (Fsp3) is 0.250. The molecule has 0 atom stereocenters. The van der Waals surface area contributed by atoms with Crippen molar-refractivity contribution in [2.24, 2.45) is 0 Å². The molecule has 3 aromatic heterocycles. The molecule has 0 bridgehead atoms. The first kappa shape index (κ1) is 21.7. The topological polar surface area (TPSA) is 88.4 Å². The molecular formula is C24H23N5O2S2. The number of nitrogens with one attached hydrogen (secondary N) is 2. The van der Waals surface area contributed by atoms with Crippen LogP contribution in [-0.4, -0.2) is 32.2 Å². The highest BCUT2D eigenvalue weighted by Gasteiger charge is 2.26. The molecule has 1 aromatic carbocycles. The second-order valence-corrected chi connectivity index (χ2v) is 9.88. The molecule has 33 heavy (non-hydrogen) atoms. The molecule has 2 N–H and O–H groups in total. The van der Waals surface area contributed by atoms with Crippen molar-refractivity contribution in [2.45, 2.75) is 37.4 Å². The number of hydrogen-bond donors (Lipinski definition) is 2. The van der Waals surface area contributed by atoms with Crippen LogP contribution in [0.15, 0.2) is 59.9 Å². The third kappa shape index (κ3) is 4.79. The van der Waals surface area contributed by atoms with Crippen LogP contribution in [0, 0.1) is 0 Å². The SMILES string of the molecule is O=C(CSc1nnc2ccccn12)Nc1sc2c(c1C(=O)NCc1ccccc1)CCCC2. The van der Waals surface area contributed by atoms with Crippen molar-refractivity contribution >= 4 is 45.6 Å². The summed E-state index contributed by atoms with van der Waals surface area (Å²) in [7, 11) is 0. The van der Waals surface area contributed by atoms with Gasteiger partial charge in [-0.1, -0.05) is 48.2 Å². The van der Waals surface area contributed by atoms with Gasteiger partial charge in [0.2, 0.25) is 5.91 Å². The van der Waals surface area contributed by atoms with Gasteiger partial charge >= 0.3 is 0 Å². The number of pyridine rings is 1. The maximum absolute atomic E-state index is 13.2. The Morgan fingerprint density at radius 1 is 1.03 bits per heavy atom. The highest BCUT2D eigenvalue weighted by Crippen LogP contribution is 2.38. The van der Waals surface area contributed by atoms with Gasteiger partial charge in [0.15, 0.2) is 10.8 Å². The van der Waals surface area contributed by atoms with Gasteiger partial charge in [-0.05, 0) is 48.9 Å². The lowest BCUT2D eigenvalue weighted by molar-refractivity contribution is -0.113. The number of carbonyl (C=O) groups is 2. The zero-order valence-electron chi connectivity index (χ0n) is 17.9. The Kier molecular flexibility index (Phi) is 6.41. The van der Waals surface area contributed by atoms with Gasteiger partial charge in [0.05, 0.1) is 11.3 Å². The monoisotopic (exact) mass is 477 g/mol. The summed E-state index contributed by atoms with van der Waals surface area (Å²) >= 11 is 2.85. The van der Waals surface area contributed by atoms with Gasteiger partial charge in [0.1, 0.15) is 5.00 Å². The van der Waals surface area contributed by atoms with E-state index in [2.05, 4.69) is 20.8 Å². The van der Waals surface area contributed by atoms with Crippen molar-refractivity contribution < 1.29 is 9.59 Å². The van der Waals surface area contributed by atoms with Crippen molar-refractivity contribution in [3.05, 3.63) is 76.3 Å². The molecule has 5 rings (SSSR count). The molecule has 0 fully saturated rings. The Bertz CT molecular complexity index is 1300. The van der Waals surface area contributed by atoms with E-state index in [1.807, 2.05) is 59.1 Å². The van der Waals surface area contributed by atoms with Gasteiger partial charge < -0.3 is 10.6 Å². The van der Waals surface area contributed by atoms with E-state index in [9.17, 15) is 9.59 Å². The number of anilines is 1. The van der Waals surface area contributed by atoms with E-state index in [1.165, 1.54) is 28.0 Å². The fourth-order valence-corrected chi connectivity index (χ4v) is 6.00. The van der Waals surface area contributed by atoms with Crippen molar-refractivity contribution in [1.29, 1.82) is 0 Å². The Labute approximate surface area is 199 Å². The highest BCUT2D eigenvalue weighted by molar-refractivity contribution is 7.99. The summed E-state index contributed by atoms with van der Waals surface area (Å²) in [5.74, 6) is -0.114. The minimum Gasteiger partial charge on any atom is -0.348 e. The quantitative estimate of drug-likeness (QED) is 0.387. The first-order valence-corrected chi connectivity index (χ1v) is 12.7. The van der Waals surface area contributed by atoms with E-state index >= 15 is 0 Å². The van der Waals surface area contributed by atoms with Crippen LogP contribution in [0.5, 0.6) is 0 Å². The standard InChI is InChI=1S/C24H23N5O2S2/c30-20(15-32-24-28-27-19-12-6-7-13-29(19)24)26-23-21(17-10-4-5-11-18(17)33-23)22(31)25-14-16-8-2-1-3-9-16/h1-3,6-9,12-13H,4-5,10-11,14-15H2,(H,25,31)(H,26,30). The number of benzene rings is 1. The molecule has 0 aliphatic heterocycles. The minimum atomic E-state index is -0.164. The molecule has 0 saturated heterocycles. The Balaban J connectivity index is 1.30. The number of amides is 2. The number of carbonyl (C=O) groups excluding carboxylic acids is 2.